The van der Waals surface area contributed by atoms with Crippen LogP contribution >= 0.6 is 11.6 Å². The Bertz CT molecular complexity index is 955. The number of halogens is 4. The van der Waals surface area contributed by atoms with E-state index in [9.17, 15) is 21.6 Å². The number of aryl methyl sites for hydroxylation is 1. The van der Waals surface area contributed by atoms with Gasteiger partial charge in [-0.15, -0.1) is 0 Å². The molecule has 0 radical (unpaired) electrons. The van der Waals surface area contributed by atoms with Crippen LogP contribution in [0.5, 0.6) is 5.75 Å². The number of nitrogens with one attached hydrogen (secondary N) is 1. The number of nitrogens with zero attached hydrogens (tertiary/aromatic N) is 2. The Labute approximate surface area is 172 Å². The number of benzene rings is 1. The number of ether oxygens (including phenoxy) is 1. The zero-order valence-electron chi connectivity index (χ0n) is 15.7. The summed E-state index contributed by atoms with van der Waals surface area (Å²) in [6.45, 7) is 2.48. The van der Waals surface area contributed by atoms with Crippen LogP contribution in [0.2, 0.25) is 5.02 Å². The molecular formula is C18H21ClF3N3O3S. The van der Waals surface area contributed by atoms with Crippen LogP contribution in [0.1, 0.15) is 43.5 Å². The summed E-state index contributed by atoms with van der Waals surface area (Å²) < 4.78 is 72.9. The van der Waals surface area contributed by atoms with Gasteiger partial charge in [0.2, 0.25) is 10.0 Å². The lowest BCUT2D eigenvalue weighted by Gasteiger charge is -2.09. The van der Waals surface area contributed by atoms with Crippen molar-refractivity contribution in [1.82, 2.24) is 14.5 Å². The summed E-state index contributed by atoms with van der Waals surface area (Å²) in [7, 11) is -3.73. The first-order valence-electron chi connectivity index (χ1n) is 9.19. The van der Waals surface area contributed by atoms with Crippen LogP contribution in [0.25, 0.3) is 0 Å². The van der Waals surface area contributed by atoms with Crippen molar-refractivity contribution in [3.05, 3.63) is 40.7 Å². The summed E-state index contributed by atoms with van der Waals surface area (Å²) in [5.41, 5.74) is -0.704. The Hall–Kier alpha value is -1.78. The van der Waals surface area contributed by atoms with E-state index in [1.54, 1.807) is 12.1 Å². The Morgan fingerprint density at radius 3 is 2.48 bits per heavy atom. The van der Waals surface area contributed by atoms with Gasteiger partial charge in [-0.25, -0.2) is 13.1 Å². The molecule has 1 aromatic heterocycles. The maximum absolute atomic E-state index is 13.1. The molecule has 1 aliphatic rings. The van der Waals surface area contributed by atoms with Gasteiger partial charge in [0.1, 0.15) is 5.75 Å². The Morgan fingerprint density at radius 2 is 1.93 bits per heavy atom. The number of sulfonamides is 1. The van der Waals surface area contributed by atoms with Gasteiger partial charge in [0.25, 0.3) is 0 Å². The van der Waals surface area contributed by atoms with E-state index in [-0.39, 0.29) is 35.3 Å². The zero-order valence-corrected chi connectivity index (χ0v) is 17.2. The van der Waals surface area contributed by atoms with Gasteiger partial charge in [-0.3, -0.25) is 4.68 Å². The number of hydrogen-bond acceptors (Lipinski definition) is 4. The molecule has 1 fully saturated rings. The molecule has 2 aromatic rings. The minimum Gasteiger partial charge on any atom is -0.494 e. The van der Waals surface area contributed by atoms with E-state index in [0.717, 1.165) is 12.8 Å². The van der Waals surface area contributed by atoms with E-state index >= 15 is 0 Å². The molecule has 0 aliphatic heterocycles. The third-order valence-corrected chi connectivity index (χ3v) is 6.30. The second-order valence-electron chi connectivity index (χ2n) is 6.70. The topological polar surface area (TPSA) is 73.2 Å². The third-order valence-electron chi connectivity index (χ3n) is 4.45. The molecule has 1 heterocycles. The maximum atomic E-state index is 13.1. The first-order valence-corrected chi connectivity index (χ1v) is 11.1. The smallest absolute Gasteiger partial charge is 0.436 e. The quantitative estimate of drug-likeness (QED) is 0.580. The highest BCUT2D eigenvalue weighted by molar-refractivity contribution is 7.89. The predicted octanol–water partition coefficient (Wildman–Crippen LogP) is 4.20. The number of aromatic nitrogens is 2. The van der Waals surface area contributed by atoms with Gasteiger partial charge in [0.05, 0.1) is 22.2 Å². The monoisotopic (exact) mass is 451 g/mol. The average molecular weight is 452 g/mol. The molecule has 1 saturated carbocycles. The van der Waals surface area contributed by atoms with Gasteiger partial charge in [-0.1, -0.05) is 11.6 Å². The van der Waals surface area contributed by atoms with Crippen molar-refractivity contribution in [2.24, 2.45) is 0 Å². The molecule has 1 aliphatic carbocycles. The van der Waals surface area contributed by atoms with Gasteiger partial charge in [-0.2, -0.15) is 18.3 Å². The summed E-state index contributed by atoms with van der Waals surface area (Å²) in [5.74, 6) is 0.543. The summed E-state index contributed by atoms with van der Waals surface area (Å²) in [5, 5.41) is 3.28. The van der Waals surface area contributed by atoms with Crippen LogP contribution < -0.4 is 9.46 Å². The molecule has 0 unspecified atom stereocenters. The summed E-state index contributed by atoms with van der Waals surface area (Å²) >= 11 is 5.92. The molecule has 0 spiro atoms. The lowest BCUT2D eigenvalue weighted by atomic mass is 10.2. The molecule has 0 bridgehead atoms. The van der Waals surface area contributed by atoms with E-state index < -0.39 is 21.9 Å². The highest BCUT2D eigenvalue weighted by Crippen LogP contribution is 2.46. The van der Waals surface area contributed by atoms with Gasteiger partial charge < -0.3 is 4.74 Å². The number of rotatable bonds is 9. The van der Waals surface area contributed by atoms with Crippen LogP contribution in [0.15, 0.2) is 29.2 Å². The van der Waals surface area contributed by atoms with Crippen molar-refractivity contribution in [1.29, 1.82) is 0 Å². The highest BCUT2D eigenvalue weighted by Gasteiger charge is 2.41. The number of hydrogen-bond donors (Lipinski definition) is 1. The largest absolute Gasteiger partial charge is 0.494 e. The summed E-state index contributed by atoms with van der Waals surface area (Å²) in [4.78, 5) is 0.0844. The molecule has 6 nitrogen and oxygen atoms in total. The van der Waals surface area contributed by atoms with E-state index in [2.05, 4.69) is 9.82 Å². The minimum atomic E-state index is -4.62. The SMILES string of the molecule is CCOc1ccc(S(=O)(=O)NCCCn2nc(C(F)(F)F)c(Cl)c2C2CC2)cc1. The lowest BCUT2D eigenvalue weighted by Crippen LogP contribution is -2.25. The number of alkyl halides is 3. The molecule has 0 amide bonds. The van der Waals surface area contributed by atoms with Crippen LogP contribution in [-0.4, -0.2) is 31.3 Å². The molecule has 3 rings (SSSR count). The fourth-order valence-electron chi connectivity index (χ4n) is 2.95. The first-order chi connectivity index (χ1) is 13.6. The van der Waals surface area contributed by atoms with Crippen LogP contribution in [0.4, 0.5) is 13.2 Å². The molecule has 1 N–H and O–H groups in total. The molecular weight excluding hydrogens is 431 g/mol. The highest BCUT2D eigenvalue weighted by atomic mass is 35.5. The van der Waals surface area contributed by atoms with Gasteiger partial charge in [0, 0.05) is 19.0 Å². The Kier molecular flexibility index (Phi) is 6.45. The van der Waals surface area contributed by atoms with Crippen LogP contribution in [-0.2, 0) is 22.7 Å². The standard InChI is InChI=1S/C18H21ClF3N3O3S/c1-2-28-13-6-8-14(9-7-13)29(26,27)23-10-3-11-25-16(12-4-5-12)15(19)17(24-25)18(20,21)22/h6-9,12,23H,2-5,10-11H2,1H3. The van der Waals surface area contributed by atoms with E-state index in [0.29, 0.717) is 18.1 Å². The van der Waals surface area contributed by atoms with E-state index in [1.807, 2.05) is 6.92 Å². The van der Waals surface area contributed by atoms with Crippen molar-refractivity contribution in [2.75, 3.05) is 13.2 Å². The third kappa shape index (κ3) is 5.23. The Balaban J connectivity index is 1.61. The predicted molar refractivity (Wildman–Crippen MR) is 102 cm³/mol. The van der Waals surface area contributed by atoms with E-state index in [1.165, 1.54) is 16.8 Å². The van der Waals surface area contributed by atoms with Crippen molar-refractivity contribution < 1.29 is 26.3 Å². The molecule has 29 heavy (non-hydrogen) atoms. The lowest BCUT2D eigenvalue weighted by molar-refractivity contribution is -0.141. The van der Waals surface area contributed by atoms with Crippen LogP contribution in [0, 0.1) is 0 Å². The van der Waals surface area contributed by atoms with Gasteiger partial charge in [0.15, 0.2) is 5.69 Å². The first kappa shape index (κ1) is 21.9. The Morgan fingerprint density at radius 1 is 1.28 bits per heavy atom. The fourth-order valence-corrected chi connectivity index (χ4v) is 4.42. The molecule has 160 valence electrons. The molecule has 1 aromatic carbocycles. The van der Waals surface area contributed by atoms with Gasteiger partial charge in [-0.05, 0) is 50.5 Å². The molecule has 0 atom stereocenters. The molecule has 11 heteroatoms. The zero-order chi connectivity index (χ0) is 21.2. The fraction of sp³-hybridized carbons (Fsp3) is 0.500. The normalized spacial score (nSPS) is 14.9. The molecule has 0 saturated heterocycles. The van der Waals surface area contributed by atoms with Crippen molar-refractivity contribution in [3.8, 4) is 5.75 Å². The van der Waals surface area contributed by atoms with Gasteiger partial charge >= 0.3 is 6.18 Å². The van der Waals surface area contributed by atoms with Crippen molar-refractivity contribution in [3.63, 3.8) is 0 Å². The minimum absolute atomic E-state index is 0.0216. The summed E-state index contributed by atoms with van der Waals surface area (Å²) in [6, 6.07) is 5.98. The second-order valence-corrected chi connectivity index (χ2v) is 8.84. The van der Waals surface area contributed by atoms with E-state index in [4.69, 9.17) is 16.3 Å². The van der Waals surface area contributed by atoms with Crippen LogP contribution in [0.3, 0.4) is 0 Å². The maximum Gasteiger partial charge on any atom is 0.436 e. The second kappa shape index (κ2) is 8.53. The summed E-state index contributed by atoms with van der Waals surface area (Å²) in [6.07, 6.45) is -2.81. The van der Waals surface area contributed by atoms with Crippen molar-refractivity contribution >= 4 is 21.6 Å². The average Bonchev–Trinajstić information content (AvgIpc) is 3.42. The van der Waals surface area contributed by atoms with Crippen molar-refractivity contribution in [2.45, 2.75) is 49.7 Å².